The zero-order chi connectivity index (χ0) is 16.3. The molecule has 22 heavy (non-hydrogen) atoms. The van der Waals surface area contributed by atoms with Gasteiger partial charge in [0.2, 0.25) is 0 Å². The molecule has 0 saturated heterocycles. The summed E-state index contributed by atoms with van der Waals surface area (Å²) in [6.45, 7) is 3.88. The predicted octanol–water partition coefficient (Wildman–Crippen LogP) is 2.25. The molecule has 0 aromatic heterocycles. The highest BCUT2D eigenvalue weighted by Crippen LogP contribution is 2.33. The normalized spacial score (nSPS) is 24.5. The highest BCUT2D eigenvalue weighted by atomic mass is 16.5. The quantitative estimate of drug-likeness (QED) is 0.637. The third-order valence-corrected chi connectivity index (χ3v) is 3.97. The van der Waals surface area contributed by atoms with Crippen molar-refractivity contribution in [3.8, 4) is 0 Å². The number of methoxy groups -OCH3 is 2. The summed E-state index contributed by atoms with van der Waals surface area (Å²) in [6, 6.07) is 0. The van der Waals surface area contributed by atoms with Crippen molar-refractivity contribution in [2.45, 2.75) is 39.2 Å². The Bertz CT molecular complexity index is 547. The Morgan fingerprint density at radius 3 is 2.36 bits per heavy atom. The van der Waals surface area contributed by atoms with Gasteiger partial charge < -0.3 is 14.8 Å². The minimum atomic E-state index is -0.243. The molecule has 2 aliphatic rings. The summed E-state index contributed by atoms with van der Waals surface area (Å²) < 4.78 is 10.6. The maximum Gasteiger partial charge on any atom is 0.168 e. The van der Waals surface area contributed by atoms with Gasteiger partial charge in [-0.2, -0.15) is 0 Å². The minimum absolute atomic E-state index is 0.0958. The van der Waals surface area contributed by atoms with Gasteiger partial charge in [0, 0.05) is 38.3 Å². The Kier molecular flexibility index (Phi) is 4.86. The van der Waals surface area contributed by atoms with Gasteiger partial charge in [0.1, 0.15) is 11.9 Å². The number of hydrogen-bond acceptors (Lipinski definition) is 5. The second-order valence-electron chi connectivity index (χ2n) is 6.46. The molecule has 5 nitrogen and oxygen atoms in total. The molecule has 1 fully saturated rings. The molecule has 5 heteroatoms. The van der Waals surface area contributed by atoms with Gasteiger partial charge in [-0.05, 0) is 17.6 Å². The van der Waals surface area contributed by atoms with E-state index in [-0.39, 0.29) is 28.7 Å². The van der Waals surface area contributed by atoms with Crippen LogP contribution in [0.4, 0.5) is 0 Å². The van der Waals surface area contributed by atoms with Crippen LogP contribution >= 0.6 is 0 Å². The summed E-state index contributed by atoms with van der Waals surface area (Å²) in [6.07, 6.45) is 6.48. The van der Waals surface area contributed by atoms with Crippen LogP contribution < -0.4 is 5.32 Å². The van der Waals surface area contributed by atoms with Crippen LogP contribution in [0.1, 0.15) is 33.1 Å². The molecule has 0 heterocycles. The van der Waals surface area contributed by atoms with E-state index in [1.807, 2.05) is 26.0 Å². The first-order valence-electron chi connectivity index (χ1n) is 7.37. The summed E-state index contributed by atoms with van der Waals surface area (Å²) in [4.78, 5) is 24.2. The van der Waals surface area contributed by atoms with E-state index in [2.05, 4.69) is 5.32 Å². The molecule has 0 radical (unpaired) electrons. The van der Waals surface area contributed by atoms with E-state index in [1.54, 1.807) is 14.2 Å². The van der Waals surface area contributed by atoms with E-state index in [4.69, 9.17) is 9.47 Å². The first kappa shape index (κ1) is 16.5. The Hall–Kier alpha value is -1.88. The second-order valence-corrected chi connectivity index (χ2v) is 6.46. The van der Waals surface area contributed by atoms with Gasteiger partial charge >= 0.3 is 0 Å². The van der Waals surface area contributed by atoms with Gasteiger partial charge in [-0.25, -0.2) is 0 Å². The maximum absolute atomic E-state index is 12.1. The second kappa shape index (κ2) is 6.48. The van der Waals surface area contributed by atoms with E-state index < -0.39 is 0 Å². The van der Waals surface area contributed by atoms with Gasteiger partial charge in [0.05, 0.1) is 12.7 Å². The highest BCUT2D eigenvalue weighted by Gasteiger charge is 2.35. The molecule has 0 aromatic rings. The molecule has 1 saturated carbocycles. The van der Waals surface area contributed by atoms with E-state index in [1.165, 1.54) is 6.20 Å². The molecule has 0 spiro atoms. The number of allylic oxidation sites excluding steroid dienone is 3. The molecule has 0 bridgehead atoms. The summed E-state index contributed by atoms with van der Waals surface area (Å²) in [5, 5.41) is 3.07. The fraction of sp³-hybridized carbons (Fsp3) is 0.529. The molecule has 2 rings (SSSR count). The predicted molar refractivity (Wildman–Crippen MR) is 82.8 cm³/mol. The fourth-order valence-electron chi connectivity index (χ4n) is 2.77. The molecule has 1 N–H and O–H groups in total. The van der Waals surface area contributed by atoms with Crippen LogP contribution in [0.3, 0.4) is 0 Å². The Balaban J connectivity index is 2.09. The lowest BCUT2D eigenvalue weighted by Crippen LogP contribution is -2.32. The number of ketones is 2. The van der Waals surface area contributed by atoms with Gasteiger partial charge in [-0.1, -0.05) is 13.8 Å². The lowest BCUT2D eigenvalue weighted by Gasteiger charge is -2.28. The van der Waals surface area contributed by atoms with Crippen LogP contribution in [0.15, 0.2) is 35.4 Å². The number of carbonyl (C=O) groups excluding carboxylic acids is 2. The van der Waals surface area contributed by atoms with Crippen molar-refractivity contribution in [3.63, 3.8) is 0 Å². The van der Waals surface area contributed by atoms with Crippen molar-refractivity contribution in [3.05, 3.63) is 35.4 Å². The molecule has 120 valence electrons. The standard InChI is InChI=1S/C17H23NO4/c1-17(2)8-13(19)12(14(20)9-17)10-18-11-5-6-15(21-3)16(7-11)22-4/h5-6,10,16,18H,7-9H2,1-4H3. The molecule has 0 aromatic carbocycles. The van der Waals surface area contributed by atoms with Crippen LogP contribution in [0.25, 0.3) is 0 Å². The van der Waals surface area contributed by atoms with Gasteiger partial charge in [-0.15, -0.1) is 0 Å². The monoisotopic (exact) mass is 305 g/mol. The van der Waals surface area contributed by atoms with Crippen LogP contribution in [0.5, 0.6) is 0 Å². The van der Waals surface area contributed by atoms with E-state index >= 15 is 0 Å². The number of hydrogen-bond donors (Lipinski definition) is 1. The van der Waals surface area contributed by atoms with Gasteiger partial charge in [-0.3, -0.25) is 9.59 Å². The highest BCUT2D eigenvalue weighted by molar-refractivity contribution is 6.22. The number of Topliss-reactive ketones (excluding diaryl/α,β-unsaturated/α-hetero) is 2. The van der Waals surface area contributed by atoms with Crippen molar-refractivity contribution < 1.29 is 19.1 Å². The van der Waals surface area contributed by atoms with Gasteiger partial charge in [0.25, 0.3) is 0 Å². The lowest BCUT2D eigenvalue weighted by atomic mass is 9.74. The Morgan fingerprint density at radius 2 is 1.82 bits per heavy atom. The molecule has 1 atom stereocenters. The molecule has 2 aliphatic carbocycles. The van der Waals surface area contributed by atoms with Crippen molar-refractivity contribution >= 4 is 11.6 Å². The molecule has 0 amide bonds. The maximum atomic E-state index is 12.1. The summed E-state index contributed by atoms with van der Waals surface area (Å²) in [5.74, 6) is 0.565. The smallest absolute Gasteiger partial charge is 0.168 e. The number of nitrogens with one attached hydrogen (secondary N) is 1. The average Bonchev–Trinajstić information content (AvgIpc) is 2.44. The van der Waals surface area contributed by atoms with Gasteiger partial charge in [0.15, 0.2) is 11.6 Å². The van der Waals surface area contributed by atoms with E-state index in [0.717, 1.165) is 11.5 Å². The third kappa shape index (κ3) is 3.65. The van der Waals surface area contributed by atoms with Crippen LogP contribution in [-0.2, 0) is 19.1 Å². The summed E-state index contributed by atoms with van der Waals surface area (Å²) in [7, 11) is 3.22. The molecular weight excluding hydrogens is 282 g/mol. The third-order valence-electron chi connectivity index (χ3n) is 3.97. The Labute approximate surface area is 131 Å². The van der Waals surface area contributed by atoms with Crippen LogP contribution in [0.2, 0.25) is 0 Å². The lowest BCUT2D eigenvalue weighted by molar-refractivity contribution is -0.127. The number of ether oxygens (including phenoxy) is 2. The summed E-state index contributed by atoms with van der Waals surface area (Å²) in [5.41, 5.74) is 0.897. The SMILES string of the molecule is COC1=CC=C(NC=C2C(=O)CC(C)(C)CC2=O)CC1OC. The van der Waals surface area contributed by atoms with E-state index in [0.29, 0.717) is 19.3 Å². The number of rotatable bonds is 4. The Morgan fingerprint density at radius 1 is 1.18 bits per heavy atom. The molecule has 1 unspecified atom stereocenters. The van der Waals surface area contributed by atoms with Crippen molar-refractivity contribution in [2.75, 3.05) is 14.2 Å². The minimum Gasteiger partial charge on any atom is -0.498 e. The zero-order valence-electron chi connectivity index (χ0n) is 13.6. The molecule has 0 aliphatic heterocycles. The largest absolute Gasteiger partial charge is 0.498 e. The van der Waals surface area contributed by atoms with Crippen LogP contribution in [-0.4, -0.2) is 31.9 Å². The van der Waals surface area contributed by atoms with Crippen LogP contribution in [0, 0.1) is 5.41 Å². The van der Waals surface area contributed by atoms with Crippen molar-refractivity contribution in [1.29, 1.82) is 0 Å². The average molecular weight is 305 g/mol. The first-order chi connectivity index (χ1) is 10.4. The molecular formula is C17H23NO4. The number of carbonyl (C=O) groups is 2. The first-order valence-corrected chi connectivity index (χ1v) is 7.37. The summed E-state index contributed by atoms with van der Waals surface area (Å²) >= 11 is 0. The van der Waals surface area contributed by atoms with Crippen molar-refractivity contribution in [2.24, 2.45) is 5.41 Å². The topological polar surface area (TPSA) is 64.6 Å². The van der Waals surface area contributed by atoms with Crippen molar-refractivity contribution in [1.82, 2.24) is 5.32 Å². The fourth-order valence-corrected chi connectivity index (χ4v) is 2.77. The van der Waals surface area contributed by atoms with E-state index in [9.17, 15) is 9.59 Å². The zero-order valence-corrected chi connectivity index (χ0v) is 13.6.